The molecule has 128 valence electrons. The molecular formula is C17H21FN4O2. The molecule has 0 radical (unpaired) electrons. The number of hydrogen-bond donors (Lipinski definition) is 0. The standard InChI is InChI=1S/C17H21FN4O2/c1-20-11-15(19-12-20)17(23)22-7-5-21(6-8-22)10-13-3-4-16(24-2)14(18)9-13/h3-4,9,11-12H,5-8,10H2,1-2H3. The molecule has 1 aliphatic rings. The molecule has 6 nitrogen and oxygen atoms in total. The van der Waals surface area contributed by atoms with Crippen molar-refractivity contribution in [2.45, 2.75) is 6.54 Å². The van der Waals surface area contributed by atoms with Crippen LogP contribution in [0.4, 0.5) is 4.39 Å². The van der Waals surface area contributed by atoms with Gasteiger partial charge in [0.25, 0.3) is 5.91 Å². The lowest BCUT2D eigenvalue weighted by Crippen LogP contribution is -2.48. The van der Waals surface area contributed by atoms with Crippen LogP contribution < -0.4 is 4.74 Å². The van der Waals surface area contributed by atoms with E-state index in [9.17, 15) is 9.18 Å². The number of ether oxygens (including phenoxy) is 1. The number of aryl methyl sites for hydroxylation is 1. The summed E-state index contributed by atoms with van der Waals surface area (Å²) < 4.78 is 20.5. The minimum Gasteiger partial charge on any atom is -0.494 e. The van der Waals surface area contributed by atoms with Gasteiger partial charge in [0.15, 0.2) is 11.6 Å². The van der Waals surface area contributed by atoms with Gasteiger partial charge in [0.1, 0.15) is 5.69 Å². The normalized spacial score (nSPS) is 15.5. The van der Waals surface area contributed by atoms with Crippen LogP contribution in [-0.2, 0) is 13.6 Å². The minimum absolute atomic E-state index is 0.0364. The van der Waals surface area contributed by atoms with Crippen LogP contribution in [0, 0.1) is 5.82 Å². The van der Waals surface area contributed by atoms with Crippen molar-refractivity contribution in [2.24, 2.45) is 7.05 Å². The quantitative estimate of drug-likeness (QED) is 0.852. The summed E-state index contributed by atoms with van der Waals surface area (Å²) >= 11 is 0. The Labute approximate surface area is 140 Å². The Bertz CT molecular complexity index is 723. The van der Waals surface area contributed by atoms with E-state index >= 15 is 0 Å². The maximum absolute atomic E-state index is 13.8. The molecule has 1 fully saturated rings. The van der Waals surface area contributed by atoms with Crippen LogP contribution in [0.5, 0.6) is 5.75 Å². The number of piperazine rings is 1. The molecule has 7 heteroatoms. The molecule has 0 spiro atoms. The monoisotopic (exact) mass is 332 g/mol. The molecule has 2 aromatic rings. The molecule has 1 saturated heterocycles. The number of carbonyl (C=O) groups is 1. The Hall–Kier alpha value is -2.41. The number of nitrogens with zero attached hydrogens (tertiary/aromatic N) is 4. The fraction of sp³-hybridized carbons (Fsp3) is 0.412. The first-order valence-corrected chi connectivity index (χ1v) is 7.89. The highest BCUT2D eigenvalue weighted by Crippen LogP contribution is 2.19. The van der Waals surface area contributed by atoms with E-state index in [2.05, 4.69) is 9.88 Å². The van der Waals surface area contributed by atoms with Crippen molar-refractivity contribution >= 4 is 5.91 Å². The number of benzene rings is 1. The van der Waals surface area contributed by atoms with Gasteiger partial charge in [-0.1, -0.05) is 6.07 Å². The molecule has 0 unspecified atom stereocenters. The molecule has 1 amide bonds. The molecule has 0 saturated carbocycles. The minimum atomic E-state index is -0.348. The number of hydrogen-bond acceptors (Lipinski definition) is 4. The second kappa shape index (κ2) is 7.00. The Kier molecular flexibility index (Phi) is 4.80. The number of rotatable bonds is 4. The van der Waals surface area contributed by atoms with Gasteiger partial charge in [-0.05, 0) is 17.7 Å². The van der Waals surface area contributed by atoms with Gasteiger partial charge in [-0.25, -0.2) is 9.37 Å². The van der Waals surface area contributed by atoms with Gasteiger partial charge in [0, 0.05) is 46.0 Å². The highest BCUT2D eigenvalue weighted by Gasteiger charge is 2.23. The van der Waals surface area contributed by atoms with E-state index in [1.807, 2.05) is 18.0 Å². The molecule has 0 aliphatic carbocycles. The number of amides is 1. The highest BCUT2D eigenvalue weighted by molar-refractivity contribution is 5.92. The molecule has 3 rings (SSSR count). The van der Waals surface area contributed by atoms with Gasteiger partial charge in [-0.3, -0.25) is 9.69 Å². The van der Waals surface area contributed by atoms with Crippen LogP contribution in [0.2, 0.25) is 0 Å². The molecule has 2 heterocycles. The Balaban J connectivity index is 1.55. The predicted molar refractivity (Wildman–Crippen MR) is 87.3 cm³/mol. The van der Waals surface area contributed by atoms with Gasteiger partial charge in [0.2, 0.25) is 0 Å². The number of carbonyl (C=O) groups excluding carboxylic acids is 1. The lowest BCUT2D eigenvalue weighted by Gasteiger charge is -2.34. The molecule has 0 N–H and O–H groups in total. The fourth-order valence-corrected chi connectivity index (χ4v) is 2.86. The second-order valence-corrected chi connectivity index (χ2v) is 5.96. The zero-order chi connectivity index (χ0) is 17.1. The first kappa shape index (κ1) is 16.4. The maximum Gasteiger partial charge on any atom is 0.274 e. The Morgan fingerprint density at radius 1 is 1.29 bits per heavy atom. The zero-order valence-electron chi connectivity index (χ0n) is 13.9. The first-order chi connectivity index (χ1) is 11.6. The molecule has 1 aliphatic heterocycles. The van der Waals surface area contributed by atoms with Crippen molar-refractivity contribution in [1.29, 1.82) is 0 Å². The van der Waals surface area contributed by atoms with Crippen molar-refractivity contribution in [3.05, 3.63) is 47.8 Å². The van der Waals surface area contributed by atoms with Gasteiger partial charge >= 0.3 is 0 Å². The van der Waals surface area contributed by atoms with Crippen molar-refractivity contribution in [1.82, 2.24) is 19.4 Å². The number of halogens is 1. The van der Waals surface area contributed by atoms with Crippen LogP contribution in [0.15, 0.2) is 30.7 Å². The van der Waals surface area contributed by atoms with Gasteiger partial charge in [-0.2, -0.15) is 0 Å². The van der Waals surface area contributed by atoms with E-state index in [-0.39, 0.29) is 17.5 Å². The van der Waals surface area contributed by atoms with E-state index in [1.54, 1.807) is 23.2 Å². The van der Waals surface area contributed by atoms with Crippen LogP contribution in [0.3, 0.4) is 0 Å². The Morgan fingerprint density at radius 2 is 2.04 bits per heavy atom. The molecular weight excluding hydrogens is 311 g/mol. The van der Waals surface area contributed by atoms with E-state index in [1.165, 1.54) is 13.2 Å². The number of methoxy groups -OCH3 is 1. The van der Waals surface area contributed by atoms with Crippen LogP contribution >= 0.6 is 0 Å². The van der Waals surface area contributed by atoms with Crippen molar-refractivity contribution in [2.75, 3.05) is 33.3 Å². The van der Waals surface area contributed by atoms with Gasteiger partial charge in [0.05, 0.1) is 13.4 Å². The summed E-state index contributed by atoms with van der Waals surface area (Å²) in [6.07, 6.45) is 3.36. The largest absolute Gasteiger partial charge is 0.494 e. The number of imidazole rings is 1. The zero-order valence-corrected chi connectivity index (χ0v) is 13.9. The van der Waals surface area contributed by atoms with E-state index in [0.29, 0.717) is 25.3 Å². The smallest absolute Gasteiger partial charge is 0.274 e. The fourth-order valence-electron chi connectivity index (χ4n) is 2.86. The molecule has 1 aromatic heterocycles. The third-order valence-corrected chi connectivity index (χ3v) is 4.21. The summed E-state index contributed by atoms with van der Waals surface area (Å²) in [5.41, 5.74) is 1.38. The summed E-state index contributed by atoms with van der Waals surface area (Å²) in [5, 5.41) is 0. The average Bonchev–Trinajstić information content (AvgIpc) is 3.02. The molecule has 0 atom stereocenters. The summed E-state index contributed by atoms with van der Waals surface area (Å²) in [6, 6.07) is 5.02. The van der Waals surface area contributed by atoms with Crippen molar-refractivity contribution in [3.63, 3.8) is 0 Å². The van der Waals surface area contributed by atoms with Crippen LogP contribution in [-0.4, -0.2) is 58.5 Å². The predicted octanol–water partition coefficient (Wildman–Crippen LogP) is 1.53. The van der Waals surface area contributed by atoms with Crippen molar-refractivity contribution < 1.29 is 13.9 Å². The van der Waals surface area contributed by atoms with E-state index < -0.39 is 0 Å². The van der Waals surface area contributed by atoms with Gasteiger partial charge < -0.3 is 14.2 Å². The van der Waals surface area contributed by atoms with Crippen LogP contribution in [0.1, 0.15) is 16.1 Å². The summed E-state index contributed by atoms with van der Waals surface area (Å²) in [4.78, 5) is 20.5. The summed E-state index contributed by atoms with van der Waals surface area (Å²) in [5.74, 6) is -0.130. The first-order valence-electron chi connectivity index (χ1n) is 7.89. The third kappa shape index (κ3) is 3.56. The van der Waals surface area contributed by atoms with E-state index in [0.717, 1.165) is 18.7 Å². The Morgan fingerprint density at radius 3 is 2.62 bits per heavy atom. The molecule has 24 heavy (non-hydrogen) atoms. The highest BCUT2D eigenvalue weighted by atomic mass is 19.1. The lowest BCUT2D eigenvalue weighted by molar-refractivity contribution is 0.0623. The average molecular weight is 332 g/mol. The SMILES string of the molecule is COc1ccc(CN2CCN(C(=O)c3cn(C)cn3)CC2)cc1F. The van der Waals surface area contributed by atoms with E-state index in [4.69, 9.17) is 4.74 Å². The van der Waals surface area contributed by atoms with Gasteiger partial charge in [-0.15, -0.1) is 0 Å². The van der Waals surface area contributed by atoms with Crippen molar-refractivity contribution in [3.8, 4) is 5.75 Å². The van der Waals surface area contributed by atoms with Crippen LogP contribution in [0.25, 0.3) is 0 Å². The summed E-state index contributed by atoms with van der Waals surface area (Å²) in [6.45, 7) is 3.47. The maximum atomic E-state index is 13.8. The lowest BCUT2D eigenvalue weighted by atomic mass is 10.1. The summed E-state index contributed by atoms with van der Waals surface area (Å²) in [7, 11) is 3.30. The molecule has 1 aromatic carbocycles. The number of aromatic nitrogens is 2. The second-order valence-electron chi connectivity index (χ2n) is 5.96. The third-order valence-electron chi connectivity index (χ3n) is 4.21. The topological polar surface area (TPSA) is 50.6 Å². The molecule has 0 bridgehead atoms.